The maximum Gasteiger partial charge on any atom is 0.371 e. The molecule has 0 radical (unpaired) electrons. The summed E-state index contributed by atoms with van der Waals surface area (Å²) in [6.07, 6.45) is 2.78. The zero-order valence-corrected chi connectivity index (χ0v) is 19.2. The van der Waals surface area contributed by atoms with Gasteiger partial charge < -0.3 is 24.6 Å². The molecule has 0 aliphatic rings. The highest BCUT2D eigenvalue weighted by Gasteiger charge is 2.13. The van der Waals surface area contributed by atoms with Gasteiger partial charge in [-0.1, -0.05) is 54.6 Å². The monoisotopic (exact) mass is 466 g/mol. The van der Waals surface area contributed by atoms with Crippen molar-refractivity contribution in [1.29, 1.82) is 0 Å². The number of aromatic carboxylic acids is 1. The number of carboxylic acid groups (broad SMARTS) is 1. The third-order valence-corrected chi connectivity index (χ3v) is 6.01. The fourth-order valence-corrected chi connectivity index (χ4v) is 4.26. The summed E-state index contributed by atoms with van der Waals surface area (Å²) in [5, 5.41) is 10.2. The summed E-state index contributed by atoms with van der Waals surface area (Å²) in [5.74, 6) is 0.227. The lowest BCUT2D eigenvalue weighted by Gasteiger charge is -2.09. The van der Waals surface area contributed by atoms with E-state index < -0.39 is 5.97 Å². The van der Waals surface area contributed by atoms with Crippen LogP contribution in [0.25, 0.3) is 22.0 Å². The Morgan fingerprint density at radius 1 is 0.943 bits per heavy atom. The van der Waals surface area contributed by atoms with Crippen LogP contribution in [0.2, 0.25) is 0 Å². The van der Waals surface area contributed by atoms with Crippen LogP contribution < -0.4 is 10.5 Å². The van der Waals surface area contributed by atoms with Gasteiger partial charge in [0.15, 0.2) is 0 Å². The van der Waals surface area contributed by atoms with Gasteiger partial charge in [0, 0.05) is 17.1 Å². The lowest BCUT2D eigenvalue weighted by Crippen LogP contribution is -2.02. The van der Waals surface area contributed by atoms with E-state index in [9.17, 15) is 4.79 Å². The number of hydrogen-bond donors (Lipinski definition) is 2. The van der Waals surface area contributed by atoms with Gasteiger partial charge in [0.1, 0.15) is 18.1 Å². The van der Waals surface area contributed by atoms with E-state index in [-0.39, 0.29) is 5.76 Å². The second-order valence-corrected chi connectivity index (χ2v) is 8.42. The van der Waals surface area contributed by atoms with Crippen LogP contribution in [-0.2, 0) is 19.6 Å². The highest BCUT2D eigenvalue weighted by Crippen LogP contribution is 2.28. The van der Waals surface area contributed by atoms with Crippen molar-refractivity contribution in [2.75, 3.05) is 6.54 Å². The van der Waals surface area contributed by atoms with Gasteiger partial charge in [0.2, 0.25) is 5.76 Å². The number of hydrogen-bond acceptors (Lipinski definition) is 4. The Labute approximate surface area is 203 Å². The molecule has 6 nitrogen and oxygen atoms in total. The molecule has 0 spiro atoms. The van der Waals surface area contributed by atoms with Crippen molar-refractivity contribution < 1.29 is 19.1 Å². The molecule has 0 unspecified atom stereocenters. The Kier molecular flexibility index (Phi) is 6.37. The minimum absolute atomic E-state index is 0.0638. The molecular formula is C29H26N2O4. The smallest absolute Gasteiger partial charge is 0.371 e. The Balaban J connectivity index is 1.33. The van der Waals surface area contributed by atoms with Crippen molar-refractivity contribution in [3.63, 3.8) is 0 Å². The highest BCUT2D eigenvalue weighted by atomic mass is 16.5. The number of fused-ring (bicyclic) bond motifs is 1. The molecule has 3 N–H and O–H groups in total. The van der Waals surface area contributed by atoms with E-state index in [0.717, 1.165) is 34.2 Å². The van der Waals surface area contributed by atoms with Gasteiger partial charge in [-0.15, -0.1) is 0 Å². The quantitative estimate of drug-likeness (QED) is 0.290. The van der Waals surface area contributed by atoms with Gasteiger partial charge in [0.05, 0.1) is 6.54 Å². The lowest BCUT2D eigenvalue weighted by atomic mass is 10.0. The number of nitrogens with two attached hydrogens (primary N) is 1. The molecule has 0 saturated carbocycles. The van der Waals surface area contributed by atoms with Gasteiger partial charge in [-0.2, -0.15) is 0 Å². The standard InChI is InChI=1S/C29H26N2O4/c30-15-14-23-17-31(18-25-11-13-28(35-25)29(32)33)27-12-10-24(16-26(23)27)34-19-20-6-8-22(9-7-20)21-4-2-1-3-5-21/h1-13,16-17H,14-15,18-19,30H2,(H,32,33). The van der Waals surface area contributed by atoms with Gasteiger partial charge in [0.25, 0.3) is 0 Å². The van der Waals surface area contributed by atoms with Crippen LogP contribution in [0.15, 0.2) is 95.5 Å². The van der Waals surface area contributed by atoms with Crippen LogP contribution in [0.3, 0.4) is 0 Å². The first-order chi connectivity index (χ1) is 17.1. The predicted molar refractivity (Wildman–Crippen MR) is 136 cm³/mol. The average Bonchev–Trinajstić information content (AvgIpc) is 3.49. The molecule has 0 amide bonds. The van der Waals surface area contributed by atoms with E-state index in [1.807, 2.05) is 42.6 Å². The molecule has 2 heterocycles. The summed E-state index contributed by atoms with van der Waals surface area (Å²) in [6.45, 7) is 1.43. The van der Waals surface area contributed by atoms with Crippen LogP contribution >= 0.6 is 0 Å². The van der Waals surface area contributed by atoms with Crippen LogP contribution in [-0.4, -0.2) is 22.2 Å². The molecule has 35 heavy (non-hydrogen) atoms. The van der Waals surface area contributed by atoms with Crippen molar-refractivity contribution in [2.24, 2.45) is 5.73 Å². The summed E-state index contributed by atoms with van der Waals surface area (Å²) in [7, 11) is 0. The van der Waals surface area contributed by atoms with E-state index >= 15 is 0 Å². The molecule has 0 aliphatic heterocycles. The molecular weight excluding hydrogens is 440 g/mol. The summed E-state index contributed by atoms with van der Waals surface area (Å²) in [6, 6.07) is 27.9. The number of benzene rings is 3. The Bertz CT molecular complexity index is 1450. The average molecular weight is 467 g/mol. The van der Waals surface area contributed by atoms with E-state index in [2.05, 4.69) is 41.0 Å². The molecule has 5 aromatic rings. The van der Waals surface area contributed by atoms with Crippen molar-refractivity contribution in [3.05, 3.63) is 114 Å². The first-order valence-electron chi connectivity index (χ1n) is 11.5. The van der Waals surface area contributed by atoms with E-state index in [0.29, 0.717) is 25.5 Å². The van der Waals surface area contributed by atoms with E-state index in [1.165, 1.54) is 17.2 Å². The number of carbonyl (C=O) groups is 1. The Morgan fingerprint density at radius 2 is 1.71 bits per heavy atom. The number of carboxylic acids is 1. The van der Waals surface area contributed by atoms with Crippen molar-refractivity contribution in [3.8, 4) is 16.9 Å². The van der Waals surface area contributed by atoms with Crippen molar-refractivity contribution in [1.82, 2.24) is 4.57 Å². The summed E-state index contributed by atoms with van der Waals surface area (Å²) < 4.78 is 13.6. The van der Waals surface area contributed by atoms with Gasteiger partial charge >= 0.3 is 5.97 Å². The van der Waals surface area contributed by atoms with Crippen molar-refractivity contribution >= 4 is 16.9 Å². The van der Waals surface area contributed by atoms with Crippen LogP contribution in [0.4, 0.5) is 0 Å². The third-order valence-electron chi connectivity index (χ3n) is 6.01. The fourth-order valence-electron chi connectivity index (χ4n) is 4.26. The minimum Gasteiger partial charge on any atom is -0.489 e. The number of aromatic nitrogens is 1. The normalized spacial score (nSPS) is 11.1. The SMILES string of the molecule is NCCc1cn(Cc2ccc(C(=O)O)o2)c2ccc(OCc3ccc(-c4ccccc4)cc3)cc12. The molecule has 2 aromatic heterocycles. The summed E-state index contributed by atoms with van der Waals surface area (Å²) in [4.78, 5) is 11.1. The number of furan rings is 1. The Morgan fingerprint density at radius 3 is 2.43 bits per heavy atom. The van der Waals surface area contributed by atoms with E-state index in [4.69, 9.17) is 20.0 Å². The zero-order valence-electron chi connectivity index (χ0n) is 19.2. The first-order valence-corrected chi connectivity index (χ1v) is 11.5. The van der Waals surface area contributed by atoms with Gasteiger partial charge in [-0.25, -0.2) is 4.79 Å². The second-order valence-electron chi connectivity index (χ2n) is 8.42. The number of nitrogens with zero attached hydrogens (tertiary/aromatic N) is 1. The third kappa shape index (κ3) is 4.98. The largest absolute Gasteiger partial charge is 0.489 e. The predicted octanol–water partition coefficient (Wildman–Crippen LogP) is 5.73. The molecule has 6 heteroatoms. The summed E-state index contributed by atoms with van der Waals surface area (Å²) in [5.41, 5.74) is 11.4. The molecule has 3 aromatic carbocycles. The van der Waals surface area contributed by atoms with Crippen LogP contribution in [0.1, 0.15) is 27.4 Å². The second kappa shape index (κ2) is 9.91. The molecule has 176 valence electrons. The number of rotatable bonds is 9. The molecule has 0 aliphatic carbocycles. The zero-order chi connectivity index (χ0) is 24.2. The number of ether oxygens (including phenoxy) is 1. The van der Waals surface area contributed by atoms with Gasteiger partial charge in [-0.05, 0) is 65.6 Å². The fraction of sp³-hybridized carbons (Fsp3) is 0.138. The highest BCUT2D eigenvalue weighted by molar-refractivity contribution is 5.86. The molecule has 0 atom stereocenters. The van der Waals surface area contributed by atoms with Gasteiger partial charge in [-0.3, -0.25) is 0 Å². The maximum atomic E-state index is 11.1. The topological polar surface area (TPSA) is 90.6 Å². The maximum absolute atomic E-state index is 11.1. The van der Waals surface area contributed by atoms with E-state index in [1.54, 1.807) is 6.07 Å². The molecule has 0 saturated heterocycles. The lowest BCUT2D eigenvalue weighted by molar-refractivity contribution is 0.0660. The molecule has 0 fully saturated rings. The molecule has 0 bridgehead atoms. The minimum atomic E-state index is -1.08. The Hall–Kier alpha value is -4.29. The summed E-state index contributed by atoms with van der Waals surface area (Å²) >= 11 is 0. The van der Waals surface area contributed by atoms with Crippen LogP contribution in [0, 0.1) is 0 Å². The van der Waals surface area contributed by atoms with Crippen LogP contribution in [0.5, 0.6) is 5.75 Å². The molecule has 5 rings (SSSR count). The van der Waals surface area contributed by atoms with Crippen molar-refractivity contribution in [2.45, 2.75) is 19.6 Å². The first kappa shape index (κ1) is 22.5.